The molecule has 2 aromatic carbocycles. The molecule has 1 saturated heterocycles. The highest BCUT2D eigenvalue weighted by Crippen LogP contribution is 2.48. The van der Waals surface area contributed by atoms with Gasteiger partial charge in [-0.1, -0.05) is 60.7 Å². The van der Waals surface area contributed by atoms with E-state index in [0.717, 1.165) is 11.1 Å². The lowest BCUT2D eigenvalue weighted by atomic mass is 9.84. The first-order valence-electron chi connectivity index (χ1n) is 7.32. The van der Waals surface area contributed by atoms with Gasteiger partial charge < -0.3 is 14.9 Å². The smallest absolute Gasteiger partial charge is 0.0888 e. The fourth-order valence-electron chi connectivity index (χ4n) is 3.21. The van der Waals surface area contributed by atoms with Gasteiger partial charge in [-0.15, -0.1) is 0 Å². The fraction of sp³-hybridized carbons (Fsp3) is 0.333. The van der Waals surface area contributed by atoms with Gasteiger partial charge in [0.25, 0.3) is 0 Å². The van der Waals surface area contributed by atoms with E-state index in [1.807, 2.05) is 60.7 Å². The minimum atomic E-state index is -0.182. The molecule has 3 rings (SSSR count). The van der Waals surface area contributed by atoms with Gasteiger partial charge in [0.15, 0.2) is 0 Å². The molecule has 0 spiro atoms. The molecule has 2 N–H and O–H groups in total. The van der Waals surface area contributed by atoms with Crippen molar-refractivity contribution in [1.82, 2.24) is 0 Å². The molecule has 0 unspecified atom stereocenters. The molecule has 2 aromatic rings. The molecule has 4 atom stereocenters. The summed E-state index contributed by atoms with van der Waals surface area (Å²) in [5, 5.41) is 19.5. The third-order valence-corrected chi connectivity index (χ3v) is 4.30. The van der Waals surface area contributed by atoms with Crippen molar-refractivity contribution in [2.75, 3.05) is 13.2 Å². The number of ether oxygens (including phenoxy) is 1. The number of rotatable bonds is 4. The molecule has 0 amide bonds. The minimum absolute atomic E-state index is 0.00806. The Kier molecular flexibility index (Phi) is 4.34. The Labute approximate surface area is 124 Å². The number of benzene rings is 2. The Morgan fingerprint density at radius 3 is 1.38 bits per heavy atom. The van der Waals surface area contributed by atoms with Crippen molar-refractivity contribution >= 4 is 0 Å². The first-order valence-corrected chi connectivity index (χ1v) is 7.32. The summed E-state index contributed by atoms with van der Waals surface area (Å²) < 4.78 is 6.22. The number of hydrogen-bond acceptors (Lipinski definition) is 3. The number of aliphatic hydroxyl groups excluding tert-OH is 2. The topological polar surface area (TPSA) is 49.7 Å². The van der Waals surface area contributed by atoms with Crippen molar-refractivity contribution in [3.8, 4) is 0 Å². The van der Waals surface area contributed by atoms with Crippen LogP contribution in [0.5, 0.6) is 0 Å². The van der Waals surface area contributed by atoms with Gasteiger partial charge in [-0.05, 0) is 11.1 Å². The van der Waals surface area contributed by atoms with Crippen LogP contribution < -0.4 is 0 Å². The summed E-state index contributed by atoms with van der Waals surface area (Å²) in [6, 6.07) is 19.8. The van der Waals surface area contributed by atoms with Crippen LogP contribution in [0, 0.1) is 11.8 Å². The molecule has 0 bridgehead atoms. The Hall–Kier alpha value is -1.68. The lowest BCUT2D eigenvalue weighted by Gasteiger charge is -2.20. The van der Waals surface area contributed by atoms with E-state index in [2.05, 4.69) is 0 Å². The Morgan fingerprint density at radius 1 is 0.667 bits per heavy atom. The highest BCUT2D eigenvalue weighted by Gasteiger charge is 2.44. The van der Waals surface area contributed by atoms with Gasteiger partial charge in [-0.2, -0.15) is 0 Å². The zero-order chi connectivity index (χ0) is 14.7. The van der Waals surface area contributed by atoms with E-state index in [4.69, 9.17) is 4.74 Å². The van der Waals surface area contributed by atoms with Crippen LogP contribution in [0.2, 0.25) is 0 Å². The van der Waals surface area contributed by atoms with Crippen LogP contribution in [0.25, 0.3) is 0 Å². The van der Waals surface area contributed by atoms with Gasteiger partial charge in [0.2, 0.25) is 0 Å². The number of hydrogen-bond donors (Lipinski definition) is 2. The molecule has 1 aliphatic heterocycles. The van der Waals surface area contributed by atoms with Crippen molar-refractivity contribution < 1.29 is 14.9 Å². The van der Waals surface area contributed by atoms with Gasteiger partial charge in [0, 0.05) is 25.0 Å². The molecule has 110 valence electrons. The molecule has 3 nitrogen and oxygen atoms in total. The molecule has 0 aliphatic carbocycles. The van der Waals surface area contributed by atoms with E-state index in [0.29, 0.717) is 0 Å². The molecular weight excluding hydrogens is 264 g/mol. The van der Waals surface area contributed by atoms with E-state index >= 15 is 0 Å². The molecule has 1 aliphatic rings. The Bertz CT molecular complexity index is 504. The van der Waals surface area contributed by atoms with Crippen molar-refractivity contribution in [3.05, 3.63) is 71.8 Å². The van der Waals surface area contributed by atoms with Gasteiger partial charge in [0.05, 0.1) is 12.2 Å². The zero-order valence-corrected chi connectivity index (χ0v) is 11.8. The summed E-state index contributed by atoms with van der Waals surface area (Å²) in [6.07, 6.45) is -0.364. The molecule has 1 fully saturated rings. The summed E-state index contributed by atoms with van der Waals surface area (Å²) in [7, 11) is 0. The second-order valence-electron chi connectivity index (χ2n) is 5.49. The first kappa shape index (κ1) is 14.3. The summed E-state index contributed by atoms with van der Waals surface area (Å²) in [6.45, 7) is 0.0161. The molecule has 0 aromatic heterocycles. The van der Waals surface area contributed by atoms with Crippen molar-refractivity contribution in [3.63, 3.8) is 0 Å². The molecule has 1 heterocycles. The van der Waals surface area contributed by atoms with Gasteiger partial charge >= 0.3 is 0 Å². The highest BCUT2D eigenvalue weighted by atomic mass is 16.5. The highest BCUT2D eigenvalue weighted by molar-refractivity contribution is 5.24. The average Bonchev–Trinajstić information content (AvgIpc) is 2.95. The maximum absolute atomic E-state index is 9.77. The van der Waals surface area contributed by atoms with Gasteiger partial charge in [0.1, 0.15) is 0 Å². The zero-order valence-electron chi connectivity index (χ0n) is 11.8. The van der Waals surface area contributed by atoms with Gasteiger partial charge in [-0.25, -0.2) is 0 Å². The maximum Gasteiger partial charge on any atom is 0.0888 e. The second-order valence-corrected chi connectivity index (χ2v) is 5.49. The lowest BCUT2D eigenvalue weighted by molar-refractivity contribution is 0.0185. The van der Waals surface area contributed by atoms with Gasteiger partial charge in [-0.3, -0.25) is 0 Å². The van der Waals surface area contributed by atoms with E-state index in [9.17, 15) is 10.2 Å². The lowest BCUT2D eigenvalue weighted by Crippen LogP contribution is -2.23. The quantitative estimate of drug-likeness (QED) is 0.907. The summed E-state index contributed by atoms with van der Waals surface area (Å²) in [5.41, 5.74) is 2.10. The van der Waals surface area contributed by atoms with Crippen molar-refractivity contribution in [2.45, 2.75) is 12.2 Å². The van der Waals surface area contributed by atoms with E-state index in [1.165, 1.54) is 0 Å². The monoisotopic (exact) mass is 284 g/mol. The molecule has 21 heavy (non-hydrogen) atoms. The van der Waals surface area contributed by atoms with Crippen LogP contribution in [0.1, 0.15) is 23.3 Å². The predicted molar refractivity (Wildman–Crippen MR) is 80.6 cm³/mol. The van der Waals surface area contributed by atoms with E-state index < -0.39 is 0 Å². The third kappa shape index (κ3) is 2.72. The normalized spacial score (nSPS) is 28.7. The van der Waals surface area contributed by atoms with Crippen molar-refractivity contribution in [2.24, 2.45) is 11.8 Å². The van der Waals surface area contributed by atoms with Crippen LogP contribution >= 0.6 is 0 Å². The largest absolute Gasteiger partial charge is 0.396 e. The third-order valence-electron chi connectivity index (χ3n) is 4.30. The van der Waals surface area contributed by atoms with E-state index in [1.54, 1.807) is 0 Å². The SMILES string of the molecule is OC[C@@H]1[C@H](CO)[C@@H](c2ccccc2)O[C@H]1c1ccccc1. The predicted octanol–water partition coefficient (Wildman–Crippen LogP) is 2.72. The summed E-state index contributed by atoms with van der Waals surface area (Å²) in [4.78, 5) is 0. The summed E-state index contributed by atoms with van der Waals surface area (Å²) >= 11 is 0. The van der Waals surface area contributed by atoms with Crippen LogP contribution in [-0.4, -0.2) is 23.4 Å². The Balaban J connectivity index is 1.93. The first-order chi connectivity index (χ1) is 10.3. The number of aliphatic hydroxyl groups is 2. The maximum atomic E-state index is 9.77. The van der Waals surface area contributed by atoms with Crippen LogP contribution in [-0.2, 0) is 4.74 Å². The second kappa shape index (κ2) is 6.39. The molecule has 0 radical (unpaired) electrons. The Morgan fingerprint density at radius 2 is 1.05 bits per heavy atom. The standard InChI is InChI=1S/C18H20O3/c19-11-15-16(12-20)18(14-9-5-2-6-10-14)21-17(15)13-7-3-1-4-8-13/h1-10,15-20H,11-12H2/t15-,16+,17+,18-. The molecule has 0 saturated carbocycles. The summed E-state index contributed by atoms with van der Waals surface area (Å²) in [5.74, 6) is -0.190. The minimum Gasteiger partial charge on any atom is -0.396 e. The van der Waals surface area contributed by atoms with Crippen LogP contribution in [0.4, 0.5) is 0 Å². The molecular formula is C18H20O3. The fourth-order valence-corrected chi connectivity index (χ4v) is 3.21. The van der Waals surface area contributed by atoms with E-state index in [-0.39, 0.29) is 37.3 Å². The average molecular weight is 284 g/mol. The van der Waals surface area contributed by atoms with Crippen LogP contribution in [0.15, 0.2) is 60.7 Å². The van der Waals surface area contributed by atoms with Crippen molar-refractivity contribution in [1.29, 1.82) is 0 Å². The molecule has 3 heteroatoms. The van der Waals surface area contributed by atoms with Crippen LogP contribution in [0.3, 0.4) is 0 Å².